The van der Waals surface area contributed by atoms with Crippen LogP contribution in [0.5, 0.6) is 0 Å². The summed E-state index contributed by atoms with van der Waals surface area (Å²) in [4.78, 5) is 25.2. The number of nitriles is 1. The van der Waals surface area contributed by atoms with Crippen LogP contribution in [0.1, 0.15) is 15.9 Å². The molecular formula is C25H23N3O2S. The van der Waals surface area contributed by atoms with Crippen LogP contribution in [0.2, 0.25) is 0 Å². The van der Waals surface area contributed by atoms with Gasteiger partial charge >= 0.3 is 0 Å². The summed E-state index contributed by atoms with van der Waals surface area (Å²) in [5, 5.41) is 14.1. The fourth-order valence-electron chi connectivity index (χ4n) is 2.99. The molecule has 0 saturated heterocycles. The number of nitrogens with one attached hydrogen (secondary N) is 2. The molecule has 2 N–H and O–H groups in total. The van der Waals surface area contributed by atoms with E-state index in [2.05, 4.69) is 10.6 Å². The Morgan fingerprint density at radius 1 is 0.871 bits per heavy atom. The fourth-order valence-corrected chi connectivity index (χ4v) is 4.00. The van der Waals surface area contributed by atoms with Crippen LogP contribution >= 0.6 is 11.8 Å². The average Bonchev–Trinajstić information content (AvgIpc) is 2.83. The first-order valence-corrected chi connectivity index (χ1v) is 11.1. The first-order valence-electron chi connectivity index (χ1n) is 9.90. The smallest absolute Gasteiger partial charge is 0.251 e. The minimum absolute atomic E-state index is 0.0969. The van der Waals surface area contributed by atoms with Crippen molar-refractivity contribution in [2.24, 2.45) is 0 Å². The predicted molar refractivity (Wildman–Crippen MR) is 124 cm³/mol. The number of benzene rings is 3. The maximum absolute atomic E-state index is 12.7. The van der Waals surface area contributed by atoms with E-state index in [1.807, 2.05) is 78.9 Å². The lowest BCUT2D eigenvalue weighted by molar-refractivity contribution is -0.122. The van der Waals surface area contributed by atoms with Crippen LogP contribution < -0.4 is 10.6 Å². The second-order valence-electron chi connectivity index (χ2n) is 6.85. The van der Waals surface area contributed by atoms with Gasteiger partial charge in [0, 0.05) is 17.1 Å². The van der Waals surface area contributed by atoms with Gasteiger partial charge in [-0.2, -0.15) is 17.0 Å². The van der Waals surface area contributed by atoms with Gasteiger partial charge in [0.2, 0.25) is 5.91 Å². The molecule has 0 unspecified atom stereocenters. The number of thioether (sulfide) groups is 1. The van der Waals surface area contributed by atoms with Gasteiger partial charge in [-0.15, -0.1) is 0 Å². The molecule has 0 spiro atoms. The monoisotopic (exact) mass is 429 g/mol. The van der Waals surface area contributed by atoms with Gasteiger partial charge in [-0.05, 0) is 28.8 Å². The van der Waals surface area contributed by atoms with Crippen LogP contribution in [0.4, 0.5) is 0 Å². The molecule has 3 aromatic rings. The molecule has 31 heavy (non-hydrogen) atoms. The van der Waals surface area contributed by atoms with Crippen LogP contribution in [-0.2, 0) is 10.5 Å². The Labute approximate surface area is 186 Å². The molecule has 0 aliphatic carbocycles. The van der Waals surface area contributed by atoms with E-state index in [1.165, 1.54) is 0 Å². The van der Waals surface area contributed by atoms with Crippen LogP contribution in [0.3, 0.4) is 0 Å². The molecule has 0 saturated carbocycles. The minimum atomic E-state index is -0.733. The highest BCUT2D eigenvalue weighted by molar-refractivity contribution is 7.98. The van der Waals surface area contributed by atoms with Crippen LogP contribution in [0.25, 0.3) is 11.1 Å². The average molecular weight is 430 g/mol. The van der Waals surface area contributed by atoms with Gasteiger partial charge in [-0.3, -0.25) is 9.59 Å². The third-order valence-corrected chi connectivity index (χ3v) is 5.72. The van der Waals surface area contributed by atoms with E-state index in [0.29, 0.717) is 11.3 Å². The van der Waals surface area contributed by atoms with Crippen molar-refractivity contribution in [1.29, 1.82) is 5.26 Å². The summed E-state index contributed by atoms with van der Waals surface area (Å²) in [6, 6.07) is 28.3. The van der Waals surface area contributed by atoms with Crippen molar-refractivity contribution < 1.29 is 9.59 Å². The van der Waals surface area contributed by atoms with Crippen LogP contribution in [-0.4, -0.2) is 30.2 Å². The number of amides is 2. The van der Waals surface area contributed by atoms with E-state index in [9.17, 15) is 9.59 Å². The topological polar surface area (TPSA) is 82.0 Å². The molecule has 0 bridgehead atoms. The number of carbonyl (C=O) groups excluding carboxylic acids is 2. The van der Waals surface area contributed by atoms with Gasteiger partial charge in [-0.25, -0.2) is 0 Å². The molecule has 0 aromatic heterocycles. The third-order valence-electron chi connectivity index (χ3n) is 4.61. The third kappa shape index (κ3) is 6.73. The Balaban J connectivity index is 1.63. The summed E-state index contributed by atoms with van der Waals surface area (Å²) >= 11 is 1.55. The maximum atomic E-state index is 12.7. The molecule has 2 amide bonds. The second kappa shape index (κ2) is 11.6. The predicted octanol–water partition coefficient (Wildman–Crippen LogP) is 4.03. The number of nitrogens with zero attached hydrogens (tertiary/aromatic N) is 1. The zero-order valence-corrected chi connectivity index (χ0v) is 17.8. The fraction of sp³-hybridized carbons (Fsp3) is 0.160. The minimum Gasteiger partial charge on any atom is -0.341 e. The molecule has 5 nitrogen and oxygen atoms in total. The van der Waals surface area contributed by atoms with Gasteiger partial charge < -0.3 is 10.6 Å². The quantitative estimate of drug-likeness (QED) is 0.503. The Kier molecular flexibility index (Phi) is 8.27. The first kappa shape index (κ1) is 22.1. The molecule has 0 aliphatic rings. The molecule has 3 rings (SSSR count). The summed E-state index contributed by atoms with van der Waals surface area (Å²) in [5.41, 5.74) is 3.71. The van der Waals surface area contributed by atoms with Crippen molar-refractivity contribution in [2.75, 3.05) is 12.3 Å². The molecule has 3 aromatic carbocycles. The van der Waals surface area contributed by atoms with E-state index in [0.717, 1.165) is 22.4 Å². The largest absolute Gasteiger partial charge is 0.341 e. The van der Waals surface area contributed by atoms with Crippen molar-refractivity contribution in [3.63, 3.8) is 0 Å². The summed E-state index contributed by atoms with van der Waals surface area (Å²) in [6.07, 6.45) is 0. The van der Waals surface area contributed by atoms with Gasteiger partial charge in [0.15, 0.2) is 0 Å². The lowest BCUT2D eigenvalue weighted by Crippen LogP contribution is -2.48. The molecule has 156 valence electrons. The summed E-state index contributed by atoms with van der Waals surface area (Å²) in [5.74, 6) is 0.443. The summed E-state index contributed by atoms with van der Waals surface area (Å²) < 4.78 is 0. The SMILES string of the molecule is N#CCNC(=O)[C@H](CSCc1ccccc1)NC(=O)c1ccc(-c2ccccc2)cc1. The van der Waals surface area contributed by atoms with Crippen molar-refractivity contribution >= 4 is 23.6 Å². The van der Waals surface area contributed by atoms with Crippen molar-refractivity contribution in [2.45, 2.75) is 11.8 Å². The number of hydrogen-bond acceptors (Lipinski definition) is 4. The van der Waals surface area contributed by atoms with Gasteiger partial charge in [-0.1, -0.05) is 72.8 Å². The van der Waals surface area contributed by atoms with E-state index < -0.39 is 6.04 Å². The van der Waals surface area contributed by atoms with E-state index in [-0.39, 0.29) is 18.4 Å². The molecule has 0 fully saturated rings. The number of carbonyl (C=O) groups is 2. The van der Waals surface area contributed by atoms with Crippen LogP contribution in [0.15, 0.2) is 84.9 Å². The second-order valence-corrected chi connectivity index (χ2v) is 7.88. The van der Waals surface area contributed by atoms with Crippen molar-refractivity contribution in [3.05, 3.63) is 96.1 Å². The van der Waals surface area contributed by atoms with E-state index in [4.69, 9.17) is 5.26 Å². The lowest BCUT2D eigenvalue weighted by Gasteiger charge is -2.18. The van der Waals surface area contributed by atoms with E-state index >= 15 is 0 Å². The Bertz CT molecular complexity index is 1030. The molecule has 0 aliphatic heterocycles. The zero-order valence-electron chi connectivity index (χ0n) is 17.0. The molecule has 6 heteroatoms. The molecular weight excluding hydrogens is 406 g/mol. The summed E-state index contributed by atoms with van der Waals surface area (Å²) in [7, 11) is 0. The highest BCUT2D eigenvalue weighted by Crippen LogP contribution is 2.19. The van der Waals surface area contributed by atoms with Gasteiger partial charge in [0.25, 0.3) is 5.91 Å². The van der Waals surface area contributed by atoms with E-state index in [1.54, 1.807) is 23.9 Å². The molecule has 0 radical (unpaired) electrons. The van der Waals surface area contributed by atoms with Gasteiger partial charge in [0.1, 0.15) is 12.6 Å². The van der Waals surface area contributed by atoms with Gasteiger partial charge in [0.05, 0.1) is 6.07 Å². The first-order chi connectivity index (χ1) is 15.2. The van der Waals surface area contributed by atoms with Crippen LogP contribution in [0, 0.1) is 11.3 Å². The Morgan fingerprint density at radius 3 is 2.13 bits per heavy atom. The Hall–Kier alpha value is -3.56. The number of hydrogen-bond donors (Lipinski definition) is 2. The standard InChI is InChI=1S/C25H23N3O2S/c26-15-16-27-25(30)23(18-31-17-19-7-3-1-4-8-19)28-24(29)22-13-11-21(12-14-22)20-9-5-2-6-10-20/h1-14,23H,16-18H2,(H,27,30)(H,28,29)/t23-/m0/s1. The normalized spacial score (nSPS) is 11.2. The Morgan fingerprint density at radius 2 is 1.48 bits per heavy atom. The zero-order chi connectivity index (χ0) is 21.9. The highest BCUT2D eigenvalue weighted by atomic mass is 32.2. The van der Waals surface area contributed by atoms with Crippen molar-refractivity contribution in [1.82, 2.24) is 10.6 Å². The number of rotatable bonds is 9. The molecule has 1 atom stereocenters. The highest BCUT2D eigenvalue weighted by Gasteiger charge is 2.21. The molecule has 0 heterocycles. The summed E-state index contributed by atoms with van der Waals surface area (Å²) in [6.45, 7) is -0.0969. The maximum Gasteiger partial charge on any atom is 0.251 e. The van der Waals surface area contributed by atoms with Crippen molar-refractivity contribution in [3.8, 4) is 17.2 Å². The lowest BCUT2D eigenvalue weighted by atomic mass is 10.0.